The molecule has 3 aromatic rings. The first-order chi connectivity index (χ1) is 16.7. The lowest BCUT2D eigenvalue weighted by Crippen LogP contribution is -2.20. The Labute approximate surface area is 207 Å². The summed E-state index contributed by atoms with van der Waals surface area (Å²) in [6.45, 7) is -0.387. The van der Waals surface area contributed by atoms with Crippen molar-refractivity contribution in [1.82, 2.24) is 0 Å². The van der Waals surface area contributed by atoms with Crippen LogP contribution in [0.3, 0.4) is 0 Å². The minimum absolute atomic E-state index is 0.147. The van der Waals surface area contributed by atoms with E-state index in [2.05, 4.69) is 26.6 Å². The van der Waals surface area contributed by atoms with Gasteiger partial charge in [0.15, 0.2) is 6.61 Å². The van der Waals surface area contributed by atoms with Crippen LogP contribution in [0.25, 0.3) is 6.08 Å². The summed E-state index contributed by atoms with van der Waals surface area (Å²) in [5.74, 6) is -1.50. The molecule has 11 heteroatoms. The van der Waals surface area contributed by atoms with Gasteiger partial charge in [0.05, 0.1) is 4.92 Å². The Morgan fingerprint density at radius 1 is 1.09 bits per heavy atom. The van der Waals surface area contributed by atoms with Crippen molar-refractivity contribution in [1.29, 1.82) is 5.26 Å². The lowest BCUT2D eigenvalue weighted by atomic mass is 10.1. The molecule has 0 fully saturated rings. The Morgan fingerprint density at radius 3 is 2.51 bits per heavy atom. The van der Waals surface area contributed by atoms with Crippen LogP contribution in [0, 0.1) is 27.3 Å². The average Bonchev–Trinajstić information content (AvgIpc) is 2.83. The van der Waals surface area contributed by atoms with E-state index in [4.69, 9.17) is 4.74 Å². The molecule has 0 aliphatic rings. The van der Waals surface area contributed by atoms with Crippen LogP contribution in [0.4, 0.5) is 21.5 Å². The highest BCUT2D eigenvalue weighted by molar-refractivity contribution is 9.10. The zero-order valence-corrected chi connectivity index (χ0v) is 19.4. The van der Waals surface area contributed by atoms with Gasteiger partial charge in [-0.25, -0.2) is 4.39 Å². The fourth-order valence-electron chi connectivity index (χ4n) is 2.84. The number of carbonyl (C=O) groups is 2. The second-order valence-electron chi connectivity index (χ2n) is 6.96. The largest absolute Gasteiger partial charge is 0.483 e. The van der Waals surface area contributed by atoms with Crippen LogP contribution in [0.2, 0.25) is 0 Å². The van der Waals surface area contributed by atoms with E-state index in [1.807, 2.05) is 0 Å². The second kappa shape index (κ2) is 11.5. The Bertz CT molecular complexity index is 1350. The number of anilines is 2. The van der Waals surface area contributed by atoms with Gasteiger partial charge >= 0.3 is 0 Å². The fraction of sp³-hybridized carbons (Fsp3) is 0.0417. The Morgan fingerprint density at radius 2 is 1.83 bits per heavy atom. The minimum Gasteiger partial charge on any atom is -0.483 e. The molecule has 9 nitrogen and oxygen atoms in total. The highest BCUT2D eigenvalue weighted by Gasteiger charge is 2.14. The first-order valence-corrected chi connectivity index (χ1v) is 10.7. The van der Waals surface area contributed by atoms with E-state index >= 15 is 0 Å². The van der Waals surface area contributed by atoms with Crippen LogP contribution < -0.4 is 15.4 Å². The average molecular weight is 539 g/mol. The molecule has 0 radical (unpaired) electrons. The summed E-state index contributed by atoms with van der Waals surface area (Å²) in [5.41, 5.74) is 0.357. The molecule has 0 unspecified atom stereocenters. The lowest BCUT2D eigenvalue weighted by Gasteiger charge is -2.11. The number of ether oxygens (including phenoxy) is 1. The van der Waals surface area contributed by atoms with Crippen LogP contribution in [-0.2, 0) is 9.59 Å². The molecular weight excluding hydrogens is 523 g/mol. The van der Waals surface area contributed by atoms with E-state index in [1.165, 1.54) is 54.6 Å². The summed E-state index contributed by atoms with van der Waals surface area (Å²) in [4.78, 5) is 35.1. The molecule has 176 valence electrons. The predicted molar refractivity (Wildman–Crippen MR) is 130 cm³/mol. The Kier molecular flexibility index (Phi) is 8.26. The number of halogens is 2. The van der Waals surface area contributed by atoms with Gasteiger partial charge in [-0.3, -0.25) is 19.7 Å². The minimum atomic E-state index is -0.784. The van der Waals surface area contributed by atoms with Crippen LogP contribution >= 0.6 is 15.9 Å². The number of nitro groups is 1. The van der Waals surface area contributed by atoms with E-state index in [9.17, 15) is 29.4 Å². The summed E-state index contributed by atoms with van der Waals surface area (Å²) in [5, 5.41) is 25.4. The van der Waals surface area contributed by atoms with Crippen LogP contribution in [0.15, 0.2) is 76.8 Å². The van der Waals surface area contributed by atoms with E-state index in [1.54, 1.807) is 24.3 Å². The first kappa shape index (κ1) is 25.1. The van der Waals surface area contributed by atoms with Crippen molar-refractivity contribution in [3.05, 3.63) is 98.3 Å². The molecule has 0 spiro atoms. The lowest BCUT2D eigenvalue weighted by molar-refractivity contribution is -0.384. The van der Waals surface area contributed by atoms with E-state index in [0.717, 1.165) is 0 Å². The fourth-order valence-corrected chi connectivity index (χ4v) is 3.22. The number of non-ortho nitro benzene ring substituents is 1. The maximum absolute atomic E-state index is 13.0. The summed E-state index contributed by atoms with van der Waals surface area (Å²) in [7, 11) is 0. The quantitative estimate of drug-likeness (QED) is 0.178. The third kappa shape index (κ3) is 7.21. The van der Waals surface area contributed by atoms with Crippen LogP contribution in [0.1, 0.15) is 5.56 Å². The van der Waals surface area contributed by atoms with Gasteiger partial charge < -0.3 is 15.4 Å². The van der Waals surface area contributed by atoms with Gasteiger partial charge in [0.25, 0.3) is 17.5 Å². The van der Waals surface area contributed by atoms with Gasteiger partial charge in [-0.2, -0.15) is 5.26 Å². The summed E-state index contributed by atoms with van der Waals surface area (Å²) >= 11 is 3.31. The zero-order chi connectivity index (χ0) is 25.4. The Balaban J connectivity index is 1.75. The number of rotatable bonds is 8. The molecular formula is C24H16BrFN4O5. The van der Waals surface area contributed by atoms with E-state index in [0.29, 0.717) is 15.7 Å². The predicted octanol–water partition coefficient (Wildman–Crippen LogP) is 5.06. The number of nitro benzene ring substituents is 1. The second-order valence-corrected chi connectivity index (χ2v) is 7.87. The monoisotopic (exact) mass is 538 g/mol. The Hall–Kier alpha value is -4.56. The molecule has 2 amide bonds. The van der Waals surface area contributed by atoms with Gasteiger partial charge in [0, 0.05) is 33.5 Å². The molecule has 0 aromatic heterocycles. The van der Waals surface area contributed by atoms with Gasteiger partial charge in [-0.15, -0.1) is 0 Å². The summed E-state index contributed by atoms with van der Waals surface area (Å²) < 4.78 is 19.2. The van der Waals surface area contributed by atoms with Crippen molar-refractivity contribution < 1.29 is 23.6 Å². The molecule has 0 heterocycles. The smallest absolute Gasteiger partial charge is 0.271 e. The van der Waals surface area contributed by atoms with Crippen molar-refractivity contribution in [2.24, 2.45) is 0 Å². The van der Waals surface area contributed by atoms with Crippen molar-refractivity contribution in [3.8, 4) is 11.8 Å². The maximum atomic E-state index is 13.0. The first-order valence-electron chi connectivity index (χ1n) is 9.90. The normalized spacial score (nSPS) is 10.7. The van der Waals surface area contributed by atoms with E-state index < -0.39 is 22.6 Å². The maximum Gasteiger partial charge on any atom is 0.271 e. The number of hydrogen-bond acceptors (Lipinski definition) is 6. The van der Waals surface area contributed by atoms with Crippen molar-refractivity contribution in [3.63, 3.8) is 0 Å². The number of amides is 2. The van der Waals surface area contributed by atoms with Gasteiger partial charge in [0.2, 0.25) is 0 Å². The van der Waals surface area contributed by atoms with E-state index in [-0.39, 0.29) is 29.3 Å². The van der Waals surface area contributed by atoms with Gasteiger partial charge in [-0.05, 0) is 54.6 Å². The number of nitriles is 1. The van der Waals surface area contributed by atoms with Crippen LogP contribution in [0.5, 0.6) is 5.75 Å². The van der Waals surface area contributed by atoms with Crippen molar-refractivity contribution in [2.75, 3.05) is 17.2 Å². The molecule has 0 saturated heterocycles. The third-order valence-electron chi connectivity index (χ3n) is 4.44. The van der Waals surface area contributed by atoms with Gasteiger partial charge in [-0.1, -0.05) is 22.0 Å². The number of hydrogen-bond donors (Lipinski definition) is 2. The molecule has 0 aliphatic carbocycles. The molecule has 35 heavy (non-hydrogen) atoms. The van der Waals surface area contributed by atoms with Crippen LogP contribution in [-0.4, -0.2) is 23.3 Å². The summed E-state index contributed by atoms with van der Waals surface area (Å²) in [6, 6.07) is 17.1. The topological polar surface area (TPSA) is 134 Å². The molecule has 2 N–H and O–H groups in total. The number of nitrogens with zero attached hydrogens (tertiary/aromatic N) is 2. The highest BCUT2D eigenvalue weighted by atomic mass is 79.9. The van der Waals surface area contributed by atoms with Crippen molar-refractivity contribution >= 4 is 50.9 Å². The molecule has 3 aromatic carbocycles. The number of benzene rings is 3. The molecule has 0 aliphatic heterocycles. The molecule has 3 rings (SSSR count). The standard InChI is InChI=1S/C24H16BrFN4O5/c25-17-4-9-22(35-14-23(31)28-19-7-5-18(26)6-8-19)15(11-17)10-16(13-27)24(32)29-20-2-1-3-21(12-20)30(33)34/h1-12H,14H2,(H,28,31)(H,29,32)/b16-10-. The third-order valence-corrected chi connectivity index (χ3v) is 4.93. The highest BCUT2D eigenvalue weighted by Crippen LogP contribution is 2.26. The molecule has 0 atom stereocenters. The SMILES string of the molecule is N#C/C(=C/c1cc(Br)ccc1OCC(=O)Nc1ccc(F)cc1)C(=O)Nc1cccc([N+](=O)[O-])c1. The number of carbonyl (C=O) groups excluding carboxylic acids is 2. The van der Waals surface area contributed by atoms with Gasteiger partial charge in [0.1, 0.15) is 23.2 Å². The number of nitrogens with one attached hydrogen (secondary N) is 2. The van der Waals surface area contributed by atoms with Crippen molar-refractivity contribution in [2.45, 2.75) is 0 Å². The zero-order valence-electron chi connectivity index (χ0n) is 17.8. The molecule has 0 bridgehead atoms. The molecule has 0 saturated carbocycles. The summed E-state index contributed by atoms with van der Waals surface area (Å²) in [6.07, 6.45) is 1.27.